The summed E-state index contributed by atoms with van der Waals surface area (Å²) in [6.07, 6.45) is 65.1. The van der Waals surface area contributed by atoms with Crippen LogP contribution in [0.1, 0.15) is 336 Å². The predicted octanol–water partition coefficient (Wildman–Crippen LogP) is 21.1. The van der Waals surface area contributed by atoms with Crippen molar-refractivity contribution in [3.63, 3.8) is 0 Å². The zero-order valence-electron chi connectivity index (χ0n) is 59.6. The van der Waals surface area contributed by atoms with E-state index in [0.717, 1.165) is 103 Å². The van der Waals surface area contributed by atoms with Gasteiger partial charge in [-0.2, -0.15) is 0 Å². The van der Waals surface area contributed by atoms with Crippen molar-refractivity contribution < 1.29 is 80.2 Å². The van der Waals surface area contributed by atoms with Crippen LogP contribution in [0, 0.1) is 0 Å². The van der Waals surface area contributed by atoms with E-state index in [1.165, 1.54) is 148 Å². The summed E-state index contributed by atoms with van der Waals surface area (Å²) in [6.45, 7) is 4.74. The fraction of sp³-hybridized carbons (Fsp3) is 0.813. The molecule has 548 valence electrons. The van der Waals surface area contributed by atoms with E-state index in [2.05, 4.69) is 76.3 Å². The lowest BCUT2D eigenvalue weighted by Crippen LogP contribution is -2.30. The molecule has 5 unspecified atom stereocenters. The summed E-state index contributed by atoms with van der Waals surface area (Å²) in [7, 11) is -9.93. The van der Waals surface area contributed by atoms with Crippen LogP contribution in [-0.2, 0) is 65.4 Å². The molecule has 0 rings (SSSR count). The van der Waals surface area contributed by atoms with Gasteiger partial charge < -0.3 is 33.8 Å². The second-order valence-corrected chi connectivity index (χ2v) is 28.1. The summed E-state index contributed by atoms with van der Waals surface area (Å²) in [5.41, 5.74) is 0. The van der Waals surface area contributed by atoms with Gasteiger partial charge in [0.15, 0.2) is 12.2 Å². The van der Waals surface area contributed by atoms with Gasteiger partial charge in [0.2, 0.25) is 0 Å². The van der Waals surface area contributed by atoms with Crippen LogP contribution in [0.4, 0.5) is 0 Å². The van der Waals surface area contributed by atoms with Crippen LogP contribution in [0.25, 0.3) is 0 Å². The number of carbonyl (C=O) groups excluding carboxylic acids is 4. The van der Waals surface area contributed by atoms with Gasteiger partial charge in [0.05, 0.1) is 26.4 Å². The minimum absolute atomic E-state index is 0.0879. The van der Waals surface area contributed by atoms with Crippen LogP contribution in [-0.4, -0.2) is 96.7 Å². The van der Waals surface area contributed by atoms with Gasteiger partial charge in [0, 0.05) is 25.7 Å². The van der Waals surface area contributed by atoms with Crippen molar-refractivity contribution in [3.8, 4) is 0 Å². The van der Waals surface area contributed by atoms with Crippen molar-refractivity contribution in [1.82, 2.24) is 0 Å². The minimum Gasteiger partial charge on any atom is -0.462 e. The number of carbonyl (C=O) groups is 4. The van der Waals surface area contributed by atoms with Crippen molar-refractivity contribution >= 4 is 39.5 Å². The molecule has 19 heteroatoms. The first-order valence-electron chi connectivity index (χ1n) is 37.5. The number of phosphoric acid groups is 2. The first kappa shape index (κ1) is 90.8. The Morgan fingerprint density at radius 2 is 0.553 bits per heavy atom. The number of phosphoric ester groups is 2. The molecule has 0 aliphatic rings. The third kappa shape index (κ3) is 67.3. The number of unbranched alkanes of at least 4 members (excludes halogenated alkanes) is 35. The molecule has 94 heavy (non-hydrogen) atoms. The first-order chi connectivity index (χ1) is 45.7. The molecule has 0 bridgehead atoms. The zero-order chi connectivity index (χ0) is 69.0. The Morgan fingerprint density at radius 3 is 0.851 bits per heavy atom. The van der Waals surface area contributed by atoms with Crippen LogP contribution in [0.2, 0.25) is 0 Å². The molecule has 0 aromatic heterocycles. The maximum absolute atomic E-state index is 13.0. The lowest BCUT2D eigenvalue weighted by atomic mass is 10.0. The number of rotatable bonds is 71. The molecule has 0 amide bonds. The largest absolute Gasteiger partial charge is 0.472 e. The number of hydrogen-bond donors (Lipinski definition) is 3. The molecule has 0 heterocycles. The van der Waals surface area contributed by atoms with Crippen LogP contribution >= 0.6 is 15.6 Å². The second kappa shape index (κ2) is 68.3. The van der Waals surface area contributed by atoms with Gasteiger partial charge >= 0.3 is 39.5 Å². The smallest absolute Gasteiger partial charge is 0.462 e. The fourth-order valence-corrected chi connectivity index (χ4v) is 11.9. The summed E-state index contributed by atoms with van der Waals surface area (Å²) in [6, 6.07) is 0. The third-order valence-corrected chi connectivity index (χ3v) is 17.9. The van der Waals surface area contributed by atoms with Gasteiger partial charge in [0.25, 0.3) is 0 Å². The summed E-state index contributed by atoms with van der Waals surface area (Å²) in [5.74, 6) is -2.21. The number of hydrogen-bond acceptors (Lipinski definition) is 15. The summed E-state index contributed by atoms with van der Waals surface area (Å²) < 4.78 is 68.3. The number of allylic oxidation sites excluding steroid dienone is 10. The first-order valence-corrected chi connectivity index (χ1v) is 40.5. The standard InChI is InChI=1S/C75H136O17P2/c1-5-9-13-17-21-25-29-32-33-34-35-38-41-44-48-52-56-60-73(78)86-65-70(91-74(79)61-57-53-49-45-39-28-24-20-16-12-8-4)67-89-93(81,82)87-63-69(76)64-88-94(83,84)90-68-71(92-75(80)62-58-54-50-46-42-37-31-27-23-19-15-11-7-3)66-85-72(77)59-55-51-47-43-40-36-30-26-22-18-14-10-6-2/h9,13,21,25,32-33,35,38,44,48,69-71,76H,5-8,10-12,14-20,22-24,26-31,34,36-37,39-43,45-47,49-68H2,1-4H3,(H,81,82)(H,83,84)/b13-9-,25-21-,33-32-,38-35-,48-44-. The fourth-order valence-electron chi connectivity index (χ4n) is 10.3. The van der Waals surface area contributed by atoms with E-state index in [-0.39, 0.29) is 25.7 Å². The van der Waals surface area contributed by atoms with E-state index < -0.39 is 97.5 Å². The molecular formula is C75H136O17P2. The maximum Gasteiger partial charge on any atom is 0.472 e. The average molecular weight is 1370 g/mol. The lowest BCUT2D eigenvalue weighted by molar-refractivity contribution is -0.161. The van der Waals surface area contributed by atoms with Gasteiger partial charge in [-0.25, -0.2) is 9.13 Å². The highest BCUT2D eigenvalue weighted by Crippen LogP contribution is 2.45. The number of esters is 4. The molecule has 0 spiro atoms. The van der Waals surface area contributed by atoms with E-state index in [9.17, 15) is 43.2 Å². The summed E-state index contributed by atoms with van der Waals surface area (Å²) >= 11 is 0. The van der Waals surface area contributed by atoms with E-state index in [1.807, 2.05) is 12.2 Å². The van der Waals surface area contributed by atoms with Crippen LogP contribution in [0.5, 0.6) is 0 Å². The van der Waals surface area contributed by atoms with E-state index in [1.54, 1.807) is 0 Å². The third-order valence-electron chi connectivity index (χ3n) is 16.0. The normalized spacial score (nSPS) is 14.3. The van der Waals surface area contributed by atoms with Crippen molar-refractivity contribution in [2.75, 3.05) is 39.6 Å². The van der Waals surface area contributed by atoms with Gasteiger partial charge in [-0.15, -0.1) is 0 Å². The molecule has 0 aromatic carbocycles. The predicted molar refractivity (Wildman–Crippen MR) is 381 cm³/mol. The number of ether oxygens (including phenoxy) is 4. The van der Waals surface area contributed by atoms with E-state index in [4.69, 9.17) is 37.0 Å². The highest BCUT2D eigenvalue weighted by Gasteiger charge is 2.30. The molecule has 0 fully saturated rings. The van der Waals surface area contributed by atoms with Gasteiger partial charge in [0.1, 0.15) is 19.3 Å². The molecule has 3 N–H and O–H groups in total. The SMILES string of the molecule is CC/C=C\C/C=C\C/C=C\C/C=C\C/C=C\CCCC(=O)OCC(COP(=O)(O)OCC(O)COP(=O)(O)OCC(COC(=O)CCCCCCCCCCCCCCC)OC(=O)CCCCCCCCCCCCCCC)OC(=O)CCCCCCCCCCCCC. The summed E-state index contributed by atoms with van der Waals surface area (Å²) in [4.78, 5) is 72.7. The minimum atomic E-state index is -4.97. The highest BCUT2D eigenvalue weighted by molar-refractivity contribution is 7.47. The highest BCUT2D eigenvalue weighted by atomic mass is 31.2. The Hall–Kier alpha value is -3.24. The monoisotopic (exact) mass is 1370 g/mol. The summed E-state index contributed by atoms with van der Waals surface area (Å²) in [5, 5.41) is 10.6. The van der Waals surface area contributed by atoms with E-state index in [0.29, 0.717) is 32.1 Å². The Labute approximate surface area is 571 Å². The Balaban J connectivity index is 5.32. The number of aliphatic hydroxyl groups is 1. The Morgan fingerprint density at radius 1 is 0.309 bits per heavy atom. The molecule has 0 radical (unpaired) electrons. The van der Waals surface area contributed by atoms with Gasteiger partial charge in [-0.1, -0.05) is 307 Å². The van der Waals surface area contributed by atoms with Gasteiger partial charge in [-0.3, -0.25) is 37.3 Å². The molecule has 0 aliphatic heterocycles. The molecule has 17 nitrogen and oxygen atoms in total. The van der Waals surface area contributed by atoms with Crippen molar-refractivity contribution in [2.24, 2.45) is 0 Å². The molecule has 0 aliphatic carbocycles. The number of aliphatic hydroxyl groups excluding tert-OH is 1. The topological polar surface area (TPSA) is 237 Å². The van der Waals surface area contributed by atoms with Crippen molar-refractivity contribution in [2.45, 2.75) is 354 Å². The van der Waals surface area contributed by atoms with Gasteiger partial charge in [-0.05, 0) is 64.2 Å². The molecule has 0 saturated heterocycles. The van der Waals surface area contributed by atoms with Crippen LogP contribution < -0.4 is 0 Å². The molecular weight excluding hydrogens is 1230 g/mol. The van der Waals surface area contributed by atoms with E-state index >= 15 is 0 Å². The van der Waals surface area contributed by atoms with Crippen molar-refractivity contribution in [3.05, 3.63) is 60.8 Å². The van der Waals surface area contributed by atoms with Crippen LogP contribution in [0.3, 0.4) is 0 Å². The molecule has 0 aromatic rings. The van der Waals surface area contributed by atoms with Crippen molar-refractivity contribution in [1.29, 1.82) is 0 Å². The van der Waals surface area contributed by atoms with Crippen LogP contribution in [0.15, 0.2) is 60.8 Å². The lowest BCUT2D eigenvalue weighted by Gasteiger charge is -2.21. The quantitative estimate of drug-likeness (QED) is 0.0169. The maximum atomic E-state index is 13.0. The molecule has 5 atom stereocenters. The molecule has 0 saturated carbocycles. The average Bonchev–Trinajstić information content (AvgIpc) is 1.32. The Kier molecular flexibility index (Phi) is 65.9. The Bertz CT molecular complexity index is 2030. The zero-order valence-corrected chi connectivity index (χ0v) is 61.4. The second-order valence-electron chi connectivity index (χ2n) is 25.2.